The van der Waals surface area contributed by atoms with Crippen LogP contribution in [-0.2, 0) is 24.2 Å². The van der Waals surface area contributed by atoms with E-state index in [4.69, 9.17) is 0 Å². The first kappa shape index (κ1) is 16.3. The van der Waals surface area contributed by atoms with Crippen LogP contribution in [0.25, 0.3) is 0 Å². The SMILES string of the molecule is O=C(Cn1cn[nH]c1=O)N1CCc2ccccc2[C@@H]1Cc1ccccc1. The van der Waals surface area contributed by atoms with E-state index in [9.17, 15) is 9.59 Å². The Bertz CT molecular complexity index is 961. The Morgan fingerprint density at radius 1 is 1.12 bits per heavy atom. The molecule has 6 heteroatoms. The van der Waals surface area contributed by atoms with Gasteiger partial charge in [-0.1, -0.05) is 54.6 Å². The molecular weight excluding hydrogens is 328 g/mol. The molecule has 0 saturated heterocycles. The third-order valence-corrected chi connectivity index (χ3v) is 4.93. The van der Waals surface area contributed by atoms with Gasteiger partial charge in [0.25, 0.3) is 0 Å². The lowest BCUT2D eigenvalue weighted by molar-refractivity contribution is -0.134. The maximum Gasteiger partial charge on any atom is 0.343 e. The molecule has 1 aliphatic rings. The van der Waals surface area contributed by atoms with E-state index in [1.54, 1.807) is 0 Å². The topological polar surface area (TPSA) is 71.0 Å². The molecule has 0 spiro atoms. The Labute approximate surface area is 151 Å². The molecule has 132 valence electrons. The minimum absolute atomic E-state index is 0.00277. The summed E-state index contributed by atoms with van der Waals surface area (Å²) in [5.74, 6) is -0.0658. The van der Waals surface area contributed by atoms with Gasteiger partial charge in [0.2, 0.25) is 5.91 Å². The average molecular weight is 348 g/mol. The van der Waals surface area contributed by atoms with Gasteiger partial charge in [-0.15, -0.1) is 0 Å². The predicted molar refractivity (Wildman–Crippen MR) is 97.6 cm³/mol. The second-order valence-electron chi connectivity index (χ2n) is 6.53. The summed E-state index contributed by atoms with van der Waals surface area (Å²) in [6.45, 7) is 0.655. The van der Waals surface area contributed by atoms with Crippen molar-refractivity contribution in [2.75, 3.05) is 6.54 Å². The number of nitrogens with one attached hydrogen (secondary N) is 1. The zero-order valence-electron chi connectivity index (χ0n) is 14.3. The minimum Gasteiger partial charge on any atom is -0.333 e. The molecule has 1 amide bonds. The third kappa shape index (κ3) is 3.18. The number of benzene rings is 2. The fourth-order valence-corrected chi connectivity index (χ4v) is 3.63. The summed E-state index contributed by atoms with van der Waals surface area (Å²) in [7, 11) is 0. The summed E-state index contributed by atoms with van der Waals surface area (Å²) in [5, 5.41) is 6.03. The van der Waals surface area contributed by atoms with Crippen molar-refractivity contribution in [3.8, 4) is 0 Å². The van der Waals surface area contributed by atoms with Crippen molar-refractivity contribution in [3.63, 3.8) is 0 Å². The largest absolute Gasteiger partial charge is 0.343 e. The van der Waals surface area contributed by atoms with Gasteiger partial charge in [0.1, 0.15) is 12.9 Å². The zero-order valence-corrected chi connectivity index (χ0v) is 14.3. The van der Waals surface area contributed by atoms with Crippen LogP contribution in [0.2, 0.25) is 0 Å². The molecule has 6 nitrogen and oxygen atoms in total. The highest BCUT2D eigenvalue weighted by atomic mass is 16.2. The average Bonchev–Trinajstić information content (AvgIpc) is 3.07. The van der Waals surface area contributed by atoms with Crippen LogP contribution in [-0.4, -0.2) is 32.1 Å². The van der Waals surface area contributed by atoms with E-state index >= 15 is 0 Å². The Morgan fingerprint density at radius 3 is 2.65 bits per heavy atom. The lowest BCUT2D eigenvalue weighted by atomic mass is 9.88. The smallest absolute Gasteiger partial charge is 0.333 e. The van der Waals surface area contributed by atoms with Crippen LogP contribution in [0.3, 0.4) is 0 Å². The minimum atomic E-state index is -0.365. The summed E-state index contributed by atoms with van der Waals surface area (Å²) in [4.78, 5) is 26.5. The molecule has 0 unspecified atom stereocenters. The van der Waals surface area contributed by atoms with Gasteiger partial charge in [-0.05, 0) is 29.5 Å². The number of H-pyrrole nitrogens is 1. The maximum absolute atomic E-state index is 13.0. The number of aromatic nitrogens is 3. The van der Waals surface area contributed by atoms with Crippen molar-refractivity contribution < 1.29 is 4.79 Å². The Balaban J connectivity index is 1.65. The first-order valence-electron chi connectivity index (χ1n) is 8.73. The third-order valence-electron chi connectivity index (χ3n) is 4.93. The van der Waals surface area contributed by atoms with Gasteiger partial charge in [0.05, 0.1) is 6.04 Å². The van der Waals surface area contributed by atoms with Crippen molar-refractivity contribution in [2.45, 2.75) is 25.4 Å². The van der Waals surface area contributed by atoms with E-state index in [1.165, 1.54) is 27.6 Å². The van der Waals surface area contributed by atoms with Crippen LogP contribution < -0.4 is 5.69 Å². The highest BCUT2D eigenvalue weighted by Crippen LogP contribution is 2.32. The highest BCUT2D eigenvalue weighted by Gasteiger charge is 2.30. The quantitative estimate of drug-likeness (QED) is 0.783. The van der Waals surface area contributed by atoms with Gasteiger partial charge in [-0.3, -0.25) is 9.36 Å². The molecule has 26 heavy (non-hydrogen) atoms. The first-order chi connectivity index (χ1) is 12.7. The van der Waals surface area contributed by atoms with Crippen molar-refractivity contribution in [1.29, 1.82) is 0 Å². The second-order valence-corrected chi connectivity index (χ2v) is 6.53. The van der Waals surface area contributed by atoms with E-state index < -0.39 is 0 Å². The van der Waals surface area contributed by atoms with E-state index in [0.717, 1.165) is 12.8 Å². The van der Waals surface area contributed by atoms with Gasteiger partial charge in [-0.2, -0.15) is 5.10 Å². The number of carbonyl (C=O) groups is 1. The fourth-order valence-electron chi connectivity index (χ4n) is 3.63. The molecule has 2 heterocycles. The summed E-state index contributed by atoms with van der Waals surface area (Å²) in [5.41, 5.74) is 3.30. The van der Waals surface area contributed by atoms with Crippen LogP contribution in [0.5, 0.6) is 0 Å². The van der Waals surface area contributed by atoms with E-state index in [0.29, 0.717) is 6.54 Å². The zero-order chi connectivity index (χ0) is 17.9. The molecule has 0 saturated carbocycles. The highest BCUT2D eigenvalue weighted by molar-refractivity contribution is 5.77. The number of amides is 1. The molecule has 3 aromatic rings. The second kappa shape index (κ2) is 7.00. The molecule has 1 aromatic heterocycles. The van der Waals surface area contributed by atoms with Crippen molar-refractivity contribution in [2.24, 2.45) is 0 Å². The van der Waals surface area contributed by atoms with Gasteiger partial charge in [-0.25, -0.2) is 9.89 Å². The first-order valence-corrected chi connectivity index (χ1v) is 8.73. The standard InChI is InChI=1S/C20H20N4O2/c25-19(13-23-14-21-22-20(23)26)24-11-10-16-8-4-5-9-17(16)18(24)12-15-6-2-1-3-7-15/h1-9,14,18H,10-13H2,(H,22,26)/t18-/m0/s1. The molecular formula is C20H20N4O2. The molecule has 0 bridgehead atoms. The number of hydrogen-bond acceptors (Lipinski definition) is 3. The van der Waals surface area contributed by atoms with Gasteiger partial charge < -0.3 is 4.90 Å². The van der Waals surface area contributed by atoms with Crippen LogP contribution in [0.1, 0.15) is 22.7 Å². The lowest BCUT2D eigenvalue weighted by Crippen LogP contribution is -2.43. The monoisotopic (exact) mass is 348 g/mol. The number of rotatable bonds is 4. The number of carbonyl (C=O) groups excluding carboxylic acids is 1. The molecule has 1 aliphatic heterocycles. The van der Waals surface area contributed by atoms with Crippen molar-refractivity contribution in [3.05, 3.63) is 88.1 Å². The number of aromatic amines is 1. The summed E-state index contributed by atoms with van der Waals surface area (Å²) in [6, 6.07) is 18.5. The number of fused-ring (bicyclic) bond motifs is 1. The summed E-state index contributed by atoms with van der Waals surface area (Å²) >= 11 is 0. The lowest BCUT2D eigenvalue weighted by Gasteiger charge is -2.37. The van der Waals surface area contributed by atoms with Gasteiger partial charge >= 0.3 is 5.69 Å². The van der Waals surface area contributed by atoms with Crippen molar-refractivity contribution >= 4 is 5.91 Å². The van der Waals surface area contributed by atoms with Gasteiger partial charge in [0.15, 0.2) is 0 Å². The summed E-state index contributed by atoms with van der Waals surface area (Å²) < 4.78 is 1.31. The van der Waals surface area contributed by atoms with Crippen LogP contribution >= 0.6 is 0 Å². The van der Waals surface area contributed by atoms with Crippen LogP contribution in [0.15, 0.2) is 65.7 Å². The summed E-state index contributed by atoms with van der Waals surface area (Å²) in [6.07, 6.45) is 2.95. The number of hydrogen-bond donors (Lipinski definition) is 1. The van der Waals surface area contributed by atoms with Crippen molar-refractivity contribution in [1.82, 2.24) is 19.7 Å². The van der Waals surface area contributed by atoms with Crippen LogP contribution in [0.4, 0.5) is 0 Å². The van der Waals surface area contributed by atoms with E-state index in [1.807, 2.05) is 35.2 Å². The normalized spacial score (nSPS) is 16.3. The van der Waals surface area contributed by atoms with Gasteiger partial charge in [0, 0.05) is 6.54 Å². The molecule has 0 aliphatic carbocycles. The molecule has 0 radical (unpaired) electrons. The molecule has 4 rings (SSSR count). The molecule has 2 aromatic carbocycles. The predicted octanol–water partition coefficient (Wildman–Crippen LogP) is 1.94. The fraction of sp³-hybridized carbons (Fsp3) is 0.250. The molecule has 0 fully saturated rings. The Hall–Kier alpha value is -3.15. The number of nitrogens with zero attached hydrogens (tertiary/aromatic N) is 3. The van der Waals surface area contributed by atoms with E-state index in [-0.39, 0.29) is 24.2 Å². The molecule has 1 atom stereocenters. The molecule has 1 N–H and O–H groups in total. The van der Waals surface area contributed by atoms with Crippen LogP contribution in [0, 0.1) is 0 Å². The maximum atomic E-state index is 13.0. The Kier molecular flexibility index (Phi) is 4.39. The van der Waals surface area contributed by atoms with E-state index in [2.05, 4.69) is 34.5 Å². The Morgan fingerprint density at radius 2 is 1.88 bits per heavy atom.